The monoisotopic (exact) mass is 257 g/mol. The molecule has 0 aliphatic heterocycles. The van der Waals surface area contributed by atoms with Gasteiger partial charge in [0.05, 0.1) is 5.69 Å². The lowest BCUT2D eigenvalue weighted by molar-refractivity contribution is 0.292. The van der Waals surface area contributed by atoms with E-state index in [9.17, 15) is 0 Å². The van der Waals surface area contributed by atoms with Crippen LogP contribution >= 0.6 is 11.6 Å². The molecule has 3 nitrogen and oxygen atoms in total. The van der Waals surface area contributed by atoms with Crippen LogP contribution in [0.25, 0.3) is 0 Å². The van der Waals surface area contributed by atoms with E-state index in [2.05, 4.69) is 31.2 Å². The number of hydrogen-bond acceptors (Lipinski definition) is 2. The summed E-state index contributed by atoms with van der Waals surface area (Å²) in [6.07, 6.45) is 2.11. The van der Waals surface area contributed by atoms with Crippen LogP contribution < -0.4 is 5.32 Å². The first kappa shape index (κ1) is 14.5. The second-order valence-corrected chi connectivity index (χ2v) is 5.46. The van der Waals surface area contributed by atoms with E-state index in [1.807, 2.05) is 14.0 Å². The zero-order valence-electron chi connectivity index (χ0n) is 11.6. The molecule has 1 aromatic heterocycles. The van der Waals surface area contributed by atoms with Crippen molar-refractivity contribution in [1.29, 1.82) is 0 Å². The summed E-state index contributed by atoms with van der Waals surface area (Å²) in [6, 6.07) is 0. The summed E-state index contributed by atoms with van der Waals surface area (Å²) in [4.78, 5) is 0. The Hall–Kier alpha value is -0.540. The number of nitrogens with zero attached hydrogens (tertiary/aromatic N) is 2. The van der Waals surface area contributed by atoms with E-state index < -0.39 is 0 Å². The highest BCUT2D eigenvalue weighted by molar-refractivity contribution is 6.30. The maximum absolute atomic E-state index is 6.29. The maximum Gasteiger partial charge on any atom is 0.130 e. The highest BCUT2D eigenvalue weighted by Crippen LogP contribution is 2.30. The van der Waals surface area contributed by atoms with E-state index in [0.717, 1.165) is 36.8 Å². The molecule has 1 heterocycles. The van der Waals surface area contributed by atoms with Gasteiger partial charge >= 0.3 is 0 Å². The summed E-state index contributed by atoms with van der Waals surface area (Å²) in [5, 5.41) is 8.59. The van der Waals surface area contributed by atoms with E-state index >= 15 is 0 Å². The number of aryl methyl sites for hydroxylation is 2. The van der Waals surface area contributed by atoms with Crippen molar-refractivity contribution in [2.24, 2.45) is 12.5 Å². The molecule has 1 rings (SSSR count). The molecule has 0 amide bonds. The average molecular weight is 258 g/mol. The normalized spacial score (nSPS) is 14.9. The van der Waals surface area contributed by atoms with E-state index in [1.54, 1.807) is 4.68 Å². The molecule has 0 fully saturated rings. The summed E-state index contributed by atoms with van der Waals surface area (Å²) in [6.45, 7) is 10.7. The van der Waals surface area contributed by atoms with Crippen molar-refractivity contribution in [2.45, 2.75) is 40.5 Å². The van der Waals surface area contributed by atoms with Crippen LogP contribution in [0.1, 0.15) is 38.4 Å². The molecular weight excluding hydrogens is 234 g/mol. The smallest absolute Gasteiger partial charge is 0.130 e. The van der Waals surface area contributed by atoms with Crippen molar-refractivity contribution < 1.29 is 0 Å². The van der Waals surface area contributed by atoms with Gasteiger partial charge in [0.15, 0.2) is 0 Å². The third-order valence-electron chi connectivity index (χ3n) is 3.53. The Kier molecular flexibility index (Phi) is 5.02. The predicted molar refractivity (Wildman–Crippen MR) is 73.6 cm³/mol. The minimum atomic E-state index is 0.243. The molecule has 98 valence electrons. The molecule has 1 N–H and O–H groups in total. The van der Waals surface area contributed by atoms with Crippen molar-refractivity contribution in [3.8, 4) is 0 Å². The molecule has 1 atom stereocenters. The number of hydrogen-bond donors (Lipinski definition) is 1. The number of nitrogens with one attached hydrogen (secondary N) is 1. The molecule has 0 aliphatic rings. The van der Waals surface area contributed by atoms with E-state index in [0.29, 0.717) is 0 Å². The van der Waals surface area contributed by atoms with Crippen LogP contribution in [-0.2, 0) is 13.5 Å². The highest BCUT2D eigenvalue weighted by Gasteiger charge is 2.25. The van der Waals surface area contributed by atoms with Crippen LogP contribution in [0.15, 0.2) is 0 Å². The minimum absolute atomic E-state index is 0.243. The van der Waals surface area contributed by atoms with Gasteiger partial charge in [-0.2, -0.15) is 5.10 Å². The van der Waals surface area contributed by atoms with Crippen LogP contribution in [0.5, 0.6) is 0 Å². The minimum Gasteiger partial charge on any atom is -0.316 e. The number of aromatic nitrogens is 2. The van der Waals surface area contributed by atoms with Crippen molar-refractivity contribution in [3.05, 3.63) is 16.4 Å². The van der Waals surface area contributed by atoms with Gasteiger partial charge in [0.25, 0.3) is 0 Å². The van der Waals surface area contributed by atoms with Gasteiger partial charge in [0.1, 0.15) is 5.15 Å². The molecule has 17 heavy (non-hydrogen) atoms. The van der Waals surface area contributed by atoms with Crippen LogP contribution in [0, 0.1) is 12.3 Å². The summed E-state index contributed by atoms with van der Waals surface area (Å²) in [5.74, 6) is 0. The lowest BCUT2D eigenvalue weighted by atomic mass is 9.81. The van der Waals surface area contributed by atoms with Crippen LogP contribution in [0.4, 0.5) is 0 Å². The largest absolute Gasteiger partial charge is 0.316 e. The van der Waals surface area contributed by atoms with Gasteiger partial charge in [-0.1, -0.05) is 32.4 Å². The van der Waals surface area contributed by atoms with Gasteiger partial charge < -0.3 is 5.32 Å². The topological polar surface area (TPSA) is 29.9 Å². The Balaban J connectivity index is 2.86. The van der Waals surface area contributed by atoms with Crippen molar-refractivity contribution >= 4 is 11.6 Å². The van der Waals surface area contributed by atoms with Crippen molar-refractivity contribution in [3.63, 3.8) is 0 Å². The van der Waals surface area contributed by atoms with Gasteiger partial charge in [0, 0.05) is 19.2 Å². The van der Waals surface area contributed by atoms with Crippen molar-refractivity contribution in [1.82, 2.24) is 15.1 Å². The first-order valence-corrected chi connectivity index (χ1v) is 6.70. The number of rotatable bonds is 6. The fraction of sp³-hybridized carbons (Fsp3) is 0.769. The Labute approximate surface area is 110 Å². The third kappa shape index (κ3) is 3.46. The summed E-state index contributed by atoms with van der Waals surface area (Å²) in [5.41, 5.74) is 2.48. The van der Waals surface area contributed by atoms with Gasteiger partial charge in [-0.05, 0) is 31.7 Å². The molecule has 0 spiro atoms. The van der Waals surface area contributed by atoms with Gasteiger partial charge in [-0.25, -0.2) is 0 Å². The second-order valence-electron chi connectivity index (χ2n) is 5.10. The van der Waals surface area contributed by atoms with E-state index in [-0.39, 0.29) is 5.41 Å². The van der Waals surface area contributed by atoms with E-state index in [1.165, 1.54) is 5.56 Å². The summed E-state index contributed by atoms with van der Waals surface area (Å²) >= 11 is 6.29. The fourth-order valence-electron chi connectivity index (χ4n) is 2.04. The van der Waals surface area contributed by atoms with Crippen LogP contribution in [-0.4, -0.2) is 22.9 Å². The zero-order valence-corrected chi connectivity index (χ0v) is 12.4. The van der Waals surface area contributed by atoms with Gasteiger partial charge in [0.2, 0.25) is 0 Å². The first-order valence-electron chi connectivity index (χ1n) is 6.32. The van der Waals surface area contributed by atoms with Gasteiger partial charge in [-0.3, -0.25) is 4.68 Å². The highest BCUT2D eigenvalue weighted by atomic mass is 35.5. The molecule has 0 radical (unpaired) electrons. The molecule has 1 unspecified atom stereocenters. The maximum atomic E-state index is 6.29. The van der Waals surface area contributed by atoms with Crippen molar-refractivity contribution in [2.75, 3.05) is 13.1 Å². The fourth-order valence-corrected chi connectivity index (χ4v) is 2.28. The Morgan fingerprint density at radius 3 is 2.47 bits per heavy atom. The average Bonchev–Trinajstić information content (AvgIpc) is 2.53. The molecular formula is C13H24ClN3. The third-order valence-corrected chi connectivity index (χ3v) is 4.00. The van der Waals surface area contributed by atoms with Crippen LogP contribution in [0.2, 0.25) is 5.15 Å². The van der Waals surface area contributed by atoms with Gasteiger partial charge in [-0.15, -0.1) is 0 Å². The zero-order chi connectivity index (χ0) is 13.1. The lowest BCUT2D eigenvalue weighted by Gasteiger charge is -2.28. The summed E-state index contributed by atoms with van der Waals surface area (Å²) in [7, 11) is 1.90. The second kappa shape index (κ2) is 5.87. The Morgan fingerprint density at radius 2 is 2.06 bits per heavy atom. The SMILES string of the molecule is CCNCC(C)(CC)Cc1c(C)nn(C)c1Cl. The molecule has 1 aromatic rings. The van der Waals surface area contributed by atoms with Crippen LogP contribution in [0.3, 0.4) is 0 Å². The Morgan fingerprint density at radius 1 is 1.41 bits per heavy atom. The standard InChI is InChI=1S/C13H24ClN3/c1-6-13(4,9-15-7-2)8-11-10(3)16-17(5)12(11)14/h15H,6-9H2,1-5H3. The number of halogens is 1. The molecule has 4 heteroatoms. The molecule has 0 aromatic carbocycles. The van der Waals surface area contributed by atoms with E-state index in [4.69, 9.17) is 11.6 Å². The molecule has 0 saturated heterocycles. The first-order chi connectivity index (χ1) is 7.93. The summed E-state index contributed by atoms with van der Waals surface area (Å²) < 4.78 is 1.76. The predicted octanol–water partition coefficient (Wildman–Crippen LogP) is 2.95. The molecule has 0 bridgehead atoms. The molecule has 0 aliphatic carbocycles. The lowest BCUT2D eigenvalue weighted by Crippen LogP contribution is -2.33. The molecule has 0 saturated carbocycles. The quantitative estimate of drug-likeness (QED) is 0.849. The Bertz CT molecular complexity index is 373.